The summed E-state index contributed by atoms with van der Waals surface area (Å²) >= 11 is 4.22. The van der Waals surface area contributed by atoms with Crippen molar-refractivity contribution in [2.45, 2.75) is 82.4 Å². The van der Waals surface area contributed by atoms with Crippen LogP contribution in [-0.4, -0.2) is 16.0 Å². The van der Waals surface area contributed by atoms with Gasteiger partial charge in [-0.15, -0.1) is 0 Å². The molecule has 4 aliphatic rings. The molecule has 0 radical (unpaired) electrons. The maximum Gasteiger partial charge on any atom is 0.0506 e. The lowest BCUT2D eigenvalue weighted by Crippen LogP contribution is -2.64. The average molecular weight is 369 g/mol. The summed E-state index contributed by atoms with van der Waals surface area (Å²) in [6.07, 6.45) is 13.8. The molecule has 0 spiro atoms. The van der Waals surface area contributed by atoms with E-state index in [9.17, 15) is 5.11 Å². The Kier molecular flexibility index (Phi) is 3.78. The minimum Gasteiger partial charge on any atom is -0.396 e. The molecular formula is C20H33BrO. The van der Waals surface area contributed by atoms with E-state index in [2.05, 4.69) is 29.8 Å². The van der Waals surface area contributed by atoms with Crippen molar-refractivity contribution in [3.8, 4) is 0 Å². The van der Waals surface area contributed by atoms with Gasteiger partial charge in [0, 0.05) is 9.74 Å². The highest BCUT2D eigenvalue weighted by molar-refractivity contribution is 9.10. The molecular weight excluding hydrogens is 336 g/mol. The number of rotatable bonds is 1. The molecule has 1 nitrogen and oxygen atoms in total. The minimum absolute atomic E-state index is 0.151. The molecule has 0 unspecified atom stereocenters. The highest BCUT2D eigenvalue weighted by atomic mass is 79.9. The highest BCUT2D eigenvalue weighted by Gasteiger charge is 2.65. The number of alkyl halides is 1. The van der Waals surface area contributed by atoms with Crippen LogP contribution in [0.15, 0.2) is 0 Å². The molecule has 1 N–H and O–H groups in total. The van der Waals surface area contributed by atoms with Gasteiger partial charge in [-0.2, -0.15) is 0 Å². The third kappa shape index (κ3) is 1.86. The Hall–Kier alpha value is 0.440. The lowest BCUT2D eigenvalue weighted by Gasteiger charge is -2.66. The molecule has 2 heteroatoms. The van der Waals surface area contributed by atoms with E-state index in [1.165, 1.54) is 64.2 Å². The summed E-state index contributed by atoms with van der Waals surface area (Å²) in [6.45, 7) is 5.42. The molecule has 4 aliphatic carbocycles. The van der Waals surface area contributed by atoms with Crippen molar-refractivity contribution in [1.29, 1.82) is 0 Å². The average Bonchev–Trinajstić information content (AvgIpc) is 2.88. The van der Waals surface area contributed by atoms with Crippen LogP contribution in [0.2, 0.25) is 0 Å². The van der Waals surface area contributed by atoms with Gasteiger partial charge in [-0.3, -0.25) is 0 Å². The first-order valence-corrected chi connectivity index (χ1v) is 10.6. The summed E-state index contributed by atoms with van der Waals surface area (Å²) in [5.74, 6) is 3.27. The normalized spacial score (nSPS) is 57.8. The molecule has 4 rings (SSSR count). The molecule has 0 aromatic rings. The van der Waals surface area contributed by atoms with Gasteiger partial charge in [0.05, 0.1) is 6.61 Å². The van der Waals surface area contributed by atoms with Crippen molar-refractivity contribution >= 4 is 15.9 Å². The molecule has 0 heterocycles. The Morgan fingerprint density at radius 2 is 1.73 bits per heavy atom. The lowest BCUT2D eigenvalue weighted by molar-refractivity contribution is -0.143. The Morgan fingerprint density at radius 1 is 0.955 bits per heavy atom. The monoisotopic (exact) mass is 368 g/mol. The Bertz CT molecular complexity index is 451. The zero-order valence-electron chi connectivity index (χ0n) is 14.4. The van der Waals surface area contributed by atoms with Crippen molar-refractivity contribution in [2.75, 3.05) is 6.61 Å². The first-order valence-electron chi connectivity index (χ1n) is 9.77. The predicted octanol–water partition coefficient (Wildman–Crippen LogP) is 5.55. The van der Waals surface area contributed by atoms with Crippen molar-refractivity contribution in [3.63, 3.8) is 0 Å². The standard InChI is InChI=1S/C20H33BrO/c1-14-5-3-10-19(21)12-7-15-16-6-4-9-18(16,2)11-8-17(15)20(14,19)13-22/h14-17,22H,3-13H2,1-2H3/t14-,15+,16+,17+,18+,19+,20-/m1/s1. The van der Waals surface area contributed by atoms with E-state index < -0.39 is 0 Å². The van der Waals surface area contributed by atoms with Gasteiger partial charge in [-0.25, -0.2) is 0 Å². The number of hydrogen-bond donors (Lipinski definition) is 1. The Morgan fingerprint density at radius 3 is 2.50 bits per heavy atom. The van der Waals surface area contributed by atoms with Crippen LogP contribution in [0.3, 0.4) is 0 Å². The number of fused-ring (bicyclic) bond motifs is 5. The topological polar surface area (TPSA) is 20.2 Å². The zero-order chi connectivity index (χ0) is 15.6. The number of halogens is 1. The first-order chi connectivity index (χ1) is 10.5. The van der Waals surface area contributed by atoms with Crippen LogP contribution in [0.5, 0.6) is 0 Å². The van der Waals surface area contributed by atoms with Crippen LogP contribution < -0.4 is 0 Å². The molecule has 22 heavy (non-hydrogen) atoms. The molecule has 0 amide bonds. The lowest BCUT2D eigenvalue weighted by atomic mass is 9.42. The maximum atomic E-state index is 10.6. The zero-order valence-corrected chi connectivity index (χ0v) is 16.0. The van der Waals surface area contributed by atoms with Crippen molar-refractivity contribution in [3.05, 3.63) is 0 Å². The van der Waals surface area contributed by atoms with Crippen LogP contribution >= 0.6 is 15.9 Å². The summed E-state index contributed by atoms with van der Waals surface area (Å²) in [5.41, 5.74) is 0.778. The SMILES string of the molecule is C[C@@H]1CCC[C@]2(Br)CC[C@H]3[C@@H]4CCC[C@@]4(C)CC[C@@H]3[C@@]12CO. The second-order valence-corrected chi connectivity index (χ2v) is 11.0. The van der Waals surface area contributed by atoms with Crippen LogP contribution in [0.25, 0.3) is 0 Å². The molecule has 0 saturated heterocycles. The van der Waals surface area contributed by atoms with E-state index in [0.717, 1.165) is 17.8 Å². The molecule has 4 fully saturated rings. The van der Waals surface area contributed by atoms with Gasteiger partial charge >= 0.3 is 0 Å². The van der Waals surface area contributed by atoms with E-state index in [-0.39, 0.29) is 9.74 Å². The molecule has 0 aromatic carbocycles. The Balaban J connectivity index is 1.74. The van der Waals surface area contributed by atoms with E-state index in [4.69, 9.17) is 0 Å². The summed E-state index contributed by atoms with van der Waals surface area (Å²) in [6, 6.07) is 0. The summed E-state index contributed by atoms with van der Waals surface area (Å²) < 4.78 is 0.222. The van der Waals surface area contributed by atoms with E-state index in [0.29, 0.717) is 17.9 Å². The summed E-state index contributed by atoms with van der Waals surface area (Å²) in [4.78, 5) is 0. The fraction of sp³-hybridized carbons (Fsp3) is 1.00. The summed E-state index contributed by atoms with van der Waals surface area (Å²) in [5, 5.41) is 10.6. The van der Waals surface area contributed by atoms with Gasteiger partial charge in [0.15, 0.2) is 0 Å². The molecule has 4 saturated carbocycles. The van der Waals surface area contributed by atoms with Crippen molar-refractivity contribution in [1.82, 2.24) is 0 Å². The minimum atomic E-state index is 0.151. The van der Waals surface area contributed by atoms with Crippen LogP contribution in [-0.2, 0) is 0 Å². The van der Waals surface area contributed by atoms with E-state index in [1.54, 1.807) is 0 Å². The van der Waals surface area contributed by atoms with Crippen LogP contribution in [0.1, 0.15) is 78.1 Å². The third-order valence-corrected chi connectivity index (χ3v) is 10.5. The van der Waals surface area contributed by atoms with Crippen molar-refractivity contribution in [2.24, 2.45) is 34.5 Å². The highest BCUT2D eigenvalue weighted by Crippen LogP contribution is 2.70. The fourth-order valence-corrected chi connectivity index (χ4v) is 9.13. The van der Waals surface area contributed by atoms with Gasteiger partial charge in [-0.05, 0) is 80.5 Å². The smallest absolute Gasteiger partial charge is 0.0506 e. The first kappa shape index (κ1) is 15.9. The predicted molar refractivity (Wildman–Crippen MR) is 95.1 cm³/mol. The number of aliphatic hydroxyl groups excluding tert-OH is 1. The van der Waals surface area contributed by atoms with Gasteiger partial charge in [0.2, 0.25) is 0 Å². The third-order valence-electron chi connectivity index (χ3n) is 8.94. The van der Waals surface area contributed by atoms with Crippen LogP contribution in [0, 0.1) is 34.5 Å². The van der Waals surface area contributed by atoms with Crippen molar-refractivity contribution < 1.29 is 5.11 Å². The van der Waals surface area contributed by atoms with Gasteiger partial charge in [-0.1, -0.05) is 42.6 Å². The van der Waals surface area contributed by atoms with Gasteiger partial charge < -0.3 is 5.11 Å². The van der Waals surface area contributed by atoms with Crippen LogP contribution in [0.4, 0.5) is 0 Å². The largest absolute Gasteiger partial charge is 0.396 e. The molecule has 7 atom stereocenters. The van der Waals surface area contributed by atoms with E-state index >= 15 is 0 Å². The van der Waals surface area contributed by atoms with E-state index in [1.807, 2.05) is 0 Å². The second-order valence-electron chi connectivity index (χ2n) is 9.46. The van der Waals surface area contributed by atoms with Gasteiger partial charge in [0.25, 0.3) is 0 Å². The Labute approximate surface area is 144 Å². The molecule has 0 bridgehead atoms. The summed E-state index contributed by atoms with van der Waals surface area (Å²) in [7, 11) is 0. The quantitative estimate of drug-likeness (QED) is 0.601. The molecule has 0 aliphatic heterocycles. The maximum absolute atomic E-state index is 10.6. The number of aliphatic hydroxyl groups is 1. The number of hydrogen-bond acceptors (Lipinski definition) is 1. The van der Waals surface area contributed by atoms with Gasteiger partial charge in [0.1, 0.15) is 0 Å². The fourth-order valence-electron chi connectivity index (χ4n) is 7.81. The molecule has 0 aromatic heterocycles. The molecule has 126 valence electrons. The second kappa shape index (κ2) is 5.22.